The number of thiazole rings is 1. The van der Waals surface area contributed by atoms with Crippen LogP contribution in [0.25, 0.3) is 15.8 Å². The fourth-order valence-electron chi connectivity index (χ4n) is 3.75. The normalized spacial score (nSPS) is 16.5. The van der Waals surface area contributed by atoms with Gasteiger partial charge in [0.25, 0.3) is 0 Å². The van der Waals surface area contributed by atoms with Gasteiger partial charge in [-0.3, -0.25) is 0 Å². The van der Waals surface area contributed by atoms with E-state index < -0.39 is 11.9 Å². The van der Waals surface area contributed by atoms with Crippen molar-refractivity contribution in [3.63, 3.8) is 0 Å². The van der Waals surface area contributed by atoms with Crippen molar-refractivity contribution < 1.29 is 14.3 Å². The molecule has 1 aliphatic rings. The molecular weight excluding hydrogens is 410 g/mol. The summed E-state index contributed by atoms with van der Waals surface area (Å²) in [6.07, 6.45) is 0. The minimum Gasteiger partial charge on any atom is -0.463 e. The van der Waals surface area contributed by atoms with Crippen molar-refractivity contribution in [2.24, 2.45) is 5.73 Å². The average Bonchev–Trinajstić information content (AvgIpc) is 3.17. The van der Waals surface area contributed by atoms with E-state index in [-0.39, 0.29) is 12.5 Å². The molecule has 1 aliphatic heterocycles. The van der Waals surface area contributed by atoms with E-state index in [0.29, 0.717) is 16.9 Å². The Morgan fingerprint density at radius 2 is 1.90 bits per heavy atom. The first-order chi connectivity index (χ1) is 14.9. The molecule has 31 heavy (non-hydrogen) atoms. The summed E-state index contributed by atoms with van der Waals surface area (Å²) in [5.74, 6) is -0.147. The highest BCUT2D eigenvalue weighted by Crippen LogP contribution is 2.46. The quantitative estimate of drug-likeness (QED) is 0.588. The van der Waals surface area contributed by atoms with Crippen LogP contribution in [0.3, 0.4) is 0 Å². The molecule has 1 aromatic heterocycles. The van der Waals surface area contributed by atoms with Gasteiger partial charge in [0.2, 0.25) is 0 Å². The number of esters is 1. The second kappa shape index (κ2) is 8.43. The maximum absolute atomic E-state index is 13.0. The van der Waals surface area contributed by atoms with E-state index in [2.05, 4.69) is 0 Å². The largest absolute Gasteiger partial charge is 0.463 e. The number of hydrogen-bond acceptors (Lipinski definition) is 7. The molecule has 2 N–H and O–H groups in total. The van der Waals surface area contributed by atoms with E-state index in [4.69, 9.17) is 20.2 Å². The Hall–Kier alpha value is -3.32. The highest BCUT2D eigenvalue weighted by Gasteiger charge is 2.38. The zero-order valence-corrected chi connectivity index (χ0v) is 18.8. The van der Waals surface area contributed by atoms with Gasteiger partial charge in [-0.05, 0) is 43.7 Å². The number of carbonyl (C=O) groups excluding carboxylic acids is 1. The monoisotopic (exact) mass is 435 g/mol. The van der Waals surface area contributed by atoms with Crippen molar-refractivity contribution in [1.82, 2.24) is 4.98 Å². The number of para-hydroxylation sites is 1. The van der Waals surface area contributed by atoms with Gasteiger partial charge in [-0.1, -0.05) is 24.3 Å². The molecule has 0 aliphatic carbocycles. The lowest BCUT2D eigenvalue weighted by molar-refractivity contribution is -0.139. The van der Waals surface area contributed by atoms with E-state index in [1.807, 2.05) is 67.5 Å². The summed E-state index contributed by atoms with van der Waals surface area (Å²) in [7, 11) is 3.98. The van der Waals surface area contributed by atoms with E-state index in [1.165, 1.54) is 11.3 Å². The highest BCUT2D eigenvalue weighted by atomic mass is 32.1. The predicted molar refractivity (Wildman–Crippen MR) is 125 cm³/mol. The zero-order valence-electron chi connectivity index (χ0n) is 18.0. The van der Waals surface area contributed by atoms with Crippen LogP contribution in [-0.2, 0) is 14.3 Å². The lowest BCUT2D eigenvalue weighted by Gasteiger charge is -2.29. The molecule has 7 heteroatoms. The SMILES string of the molecule is CCOC(=O)C1=C(C)OC(N)=C(c2nc3ccccc3s2)[C@H]1c1ccc(N(C)C)cc1. The molecule has 160 valence electrons. The van der Waals surface area contributed by atoms with E-state index in [1.54, 1.807) is 13.8 Å². The number of nitrogens with zero attached hydrogens (tertiary/aromatic N) is 2. The van der Waals surface area contributed by atoms with Crippen LogP contribution in [0.1, 0.15) is 30.3 Å². The summed E-state index contributed by atoms with van der Waals surface area (Å²) >= 11 is 1.53. The first-order valence-corrected chi connectivity index (χ1v) is 10.9. The van der Waals surface area contributed by atoms with Gasteiger partial charge in [0.1, 0.15) is 10.8 Å². The van der Waals surface area contributed by atoms with Gasteiger partial charge >= 0.3 is 5.97 Å². The van der Waals surface area contributed by atoms with E-state index in [0.717, 1.165) is 26.5 Å². The van der Waals surface area contributed by atoms with E-state index >= 15 is 0 Å². The molecule has 0 unspecified atom stereocenters. The molecular formula is C24H25N3O3S. The molecule has 0 bridgehead atoms. The van der Waals surface area contributed by atoms with Crippen molar-refractivity contribution in [3.05, 3.63) is 76.3 Å². The standard InChI is InChI=1S/C24H25N3O3S/c1-5-29-24(28)19-14(2)30-22(25)21(23-26-17-8-6-7-9-18(17)31-23)20(19)15-10-12-16(13-11-15)27(3)4/h6-13,20H,5,25H2,1-4H3/t20-/m0/s1. The Kier molecular flexibility index (Phi) is 5.69. The Balaban J connectivity index is 1.90. The third kappa shape index (κ3) is 3.88. The third-order valence-corrected chi connectivity index (χ3v) is 6.32. The van der Waals surface area contributed by atoms with Gasteiger partial charge < -0.3 is 20.1 Å². The third-order valence-electron chi connectivity index (χ3n) is 5.25. The smallest absolute Gasteiger partial charge is 0.338 e. The number of benzene rings is 2. The van der Waals surface area contributed by atoms with Gasteiger partial charge in [-0.25, -0.2) is 9.78 Å². The molecule has 0 saturated heterocycles. The predicted octanol–water partition coefficient (Wildman–Crippen LogP) is 4.64. The second-order valence-corrected chi connectivity index (χ2v) is 8.51. The van der Waals surface area contributed by atoms with Crippen LogP contribution < -0.4 is 10.6 Å². The Labute approximate surface area is 185 Å². The second-order valence-electron chi connectivity index (χ2n) is 7.48. The summed E-state index contributed by atoms with van der Waals surface area (Å²) in [5.41, 5.74) is 10.4. The first kappa shape index (κ1) is 20.9. The number of nitrogens with two attached hydrogens (primary N) is 1. The zero-order chi connectivity index (χ0) is 22.1. The molecule has 2 aromatic carbocycles. The van der Waals surface area contributed by atoms with Crippen LogP contribution in [0.4, 0.5) is 5.69 Å². The summed E-state index contributed by atoms with van der Waals surface area (Å²) in [5, 5.41) is 0.731. The van der Waals surface area contributed by atoms with E-state index in [9.17, 15) is 4.79 Å². The molecule has 1 atom stereocenters. The maximum Gasteiger partial charge on any atom is 0.338 e. The lowest BCUT2D eigenvalue weighted by Crippen LogP contribution is -2.25. The fraction of sp³-hybridized carbons (Fsp3) is 0.250. The number of carbonyl (C=O) groups is 1. The number of ether oxygens (including phenoxy) is 2. The van der Waals surface area contributed by atoms with Crippen molar-refractivity contribution in [2.45, 2.75) is 19.8 Å². The van der Waals surface area contributed by atoms with Gasteiger partial charge in [0, 0.05) is 19.8 Å². The Morgan fingerprint density at radius 1 is 1.19 bits per heavy atom. The van der Waals surface area contributed by atoms with Crippen molar-refractivity contribution in [3.8, 4) is 0 Å². The highest BCUT2D eigenvalue weighted by molar-refractivity contribution is 7.19. The minimum atomic E-state index is -0.440. The topological polar surface area (TPSA) is 77.7 Å². The fourth-order valence-corrected chi connectivity index (χ4v) is 4.80. The summed E-state index contributed by atoms with van der Waals surface area (Å²) in [4.78, 5) is 19.8. The number of allylic oxidation sites excluding steroid dienone is 2. The van der Waals surface area contributed by atoms with Gasteiger partial charge in [-0.15, -0.1) is 11.3 Å². The van der Waals surface area contributed by atoms with Crippen LogP contribution in [0.5, 0.6) is 0 Å². The summed E-state index contributed by atoms with van der Waals surface area (Å²) < 4.78 is 12.3. The molecule has 3 aromatic rings. The molecule has 0 radical (unpaired) electrons. The average molecular weight is 436 g/mol. The minimum absolute atomic E-state index is 0.256. The molecule has 0 saturated carbocycles. The Bertz CT molecular complexity index is 1160. The van der Waals surface area contributed by atoms with Crippen LogP contribution in [0, 0.1) is 0 Å². The molecule has 0 amide bonds. The molecule has 0 fully saturated rings. The van der Waals surface area contributed by atoms with Crippen molar-refractivity contribution >= 4 is 38.8 Å². The number of rotatable bonds is 5. The summed E-state index contributed by atoms with van der Waals surface area (Å²) in [6.45, 7) is 3.81. The van der Waals surface area contributed by atoms with Crippen LogP contribution in [0.15, 0.2) is 65.7 Å². The molecule has 0 spiro atoms. The van der Waals surface area contributed by atoms with Crippen LogP contribution in [0.2, 0.25) is 0 Å². The van der Waals surface area contributed by atoms with Gasteiger partial charge in [-0.2, -0.15) is 0 Å². The van der Waals surface area contributed by atoms with Crippen molar-refractivity contribution in [2.75, 3.05) is 25.6 Å². The number of fused-ring (bicyclic) bond motifs is 1. The van der Waals surface area contributed by atoms with Gasteiger partial charge in [0.15, 0.2) is 5.88 Å². The number of anilines is 1. The van der Waals surface area contributed by atoms with Crippen LogP contribution in [-0.4, -0.2) is 31.7 Å². The lowest BCUT2D eigenvalue weighted by atomic mass is 9.82. The Morgan fingerprint density at radius 3 is 2.55 bits per heavy atom. The molecule has 2 heterocycles. The first-order valence-electron chi connectivity index (χ1n) is 10.1. The number of hydrogen-bond donors (Lipinski definition) is 1. The van der Waals surface area contributed by atoms with Crippen LogP contribution >= 0.6 is 11.3 Å². The van der Waals surface area contributed by atoms with Gasteiger partial charge in [0.05, 0.1) is 33.9 Å². The van der Waals surface area contributed by atoms with Crippen molar-refractivity contribution in [1.29, 1.82) is 0 Å². The number of aromatic nitrogens is 1. The molecule has 4 rings (SSSR count). The molecule has 6 nitrogen and oxygen atoms in total. The summed E-state index contributed by atoms with van der Waals surface area (Å²) in [6, 6.07) is 16.0. The maximum atomic E-state index is 13.0.